The molecular weight excluding hydrogens is 244 g/mol. The van der Waals surface area contributed by atoms with Crippen molar-refractivity contribution < 1.29 is 29.0 Å². The van der Waals surface area contributed by atoms with Gasteiger partial charge in [-0.25, -0.2) is 4.79 Å². The van der Waals surface area contributed by atoms with Crippen LogP contribution >= 0.6 is 0 Å². The number of urea groups is 1. The number of methoxy groups -OCH3 is 1. The van der Waals surface area contributed by atoms with Crippen LogP contribution in [0.3, 0.4) is 0 Å². The summed E-state index contributed by atoms with van der Waals surface area (Å²) in [5, 5.41) is 12.5. The zero-order valence-corrected chi connectivity index (χ0v) is 10.0. The Kier molecular flexibility index (Phi) is 7.91. The summed E-state index contributed by atoms with van der Waals surface area (Å²) in [6.45, 7) is -0.325. The van der Waals surface area contributed by atoms with Crippen LogP contribution in [0.5, 0.6) is 0 Å². The Labute approximate surface area is 104 Å². The van der Waals surface area contributed by atoms with Gasteiger partial charge in [-0.2, -0.15) is 0 Å². The highest BCUT2D eigenvalue weighted by Gasteiger charge is 2.09. The van der Waals surface area contributed by atoms with E-state index >= 15 is 0 Å². The van der Waals surface area contributed by atoms with Gasteiger partial charge in [-0.05, 0) is 12.8 Å². The Hall–Kier alpha value is -2.12. The molecule has 0 aliphatic rings. The zero-order valence-electron chi connectivity index (χ0n) is 10.0. The van der Waals surface area contributed by atoms with Gasteiger partial charge in [0.25, 0.3) is 0 Å². The number of aliphatic carboxylic acids is 1. The highest BCUT2D eigenvalue weighted by Crippen LogP contribution is 1.99. The fourth-order valence-corrected chi connectivity index (χ4v) is 1.02. The largest absolute Gasteiger partial charge is 0.481 e. The lowest BCUT2D eigenvalue weighted by Gasteiger charge is -2.05. The molecule has 8 nitrogen and oxygen atoms in total. The number of rotatable bonds is 7. The monoisotopic (exact) mass is 260 g/mol. The Bertz CT molecular complexity index is 328. The average molecular weight is 260 g/mol. The molecule has 0 radical (unpaired) electrons. The molecule has 0 heterocycles. The van der Waals surface area contributed by atoms with E-state index in [0.29, 0.717) is 12.8 Å². The molecule has 0 aliphatic carbocycles. The van der Waals surface area contributed by atoms with Gasteiger partial charge in [-0.3, -0.25) is 19.7 Å². The van der Waals surface area contributed by atoms with Crippen molar-refractivity contribution in [1.29, 1.82) is 0 Å². The topological polar surface area (TPSA) is 122 Å². The number of imide groups is 1. The summed E-state index contributed by atoms with van der Waals surface area (Å²) in [6.07, 6.45) is 0.787. The third kappa shape index (κ3) is 9.13. The molecule has 0 aliphatic heterocycles. The maximum absolute atomic E-state index is 11.2. The second kappa shape index (κ2) is 8.97. The van der Waals surface area contributed by atoms with E-state index in [1.165, 1.54) is 7.11 Å². The van der Waals surface area contributed by atoms with Crippen LogP contribution < -0.4 is 10.6 Å². The highest BCUT2D eigenvalue weighted by molar-refractivity contribution is 5.95. The van der Waals surface area contributed by atoms with Crippen molar-refractivity contribution in [2.75, 3.05) is 13.7 Å². The van der Waals surface area contributed by atoms with Crippen LogP contribution in [-0.4, -0.2) is 42.6 Å². The van der Waals surface area contributed by atoms with Gasteiger partial charge >= 0.3 is 18.0 Å². The summed E-state index contributed by atoms with van der Waals surface area (Å²) in [7, 11) is 1.18. The number of carbonyl (C=O) groups excluding carboxylic acids is 3. The van der Waals surface area contributed by atoms with Crippen molar-refractivity contribution in [3.8, 4) is 0 Å². The van der Waals surface area contributed by atoms with E-state index in [4.69, 9.17) is 5.11 Å². The highest BCUT2D eigenvalue weighted by atomic mass is 16.5. The SMILES string of the molecule is COC(=O)CNC(=O)NC(=O)CCCCC(=O)O. The number of esters is 1. The fourth-order valence-electron chi connectivity index (χ4n) is 1.02. The molecule has 0 saturated carbocycles. The maximum atomic E-state index is 11.2. The molecule has 0 rings (SSSR count). The lowest BCUT2D eigenvalue weighted by Crippen LogP contribution is -2.41. The first kappa shape index (κ1) is 15.9. The lowest BCUT2D eigenvalue weighted by atomic mass is 10.2. The van der Waals surface area contributed by atoms with Crippen LogP contribution in [-0.2, 0) is 19.1 Å². The number of carboxylic acid groups (broad SMARTS) is 1. The molecule has 18 heavy (non-hydrogen) atoms. The van der Waals surface area contributed by atoms with Gasteiger partial charge in [-0.1, -0.05) is 0 Å². The Morgan fingerprint density at radius 1 is 1.11 bits per heavy atom. The van der Waals surface area contributed by atoms with Gasteiger partial charge in [0.2, 0.25) is 5.91 Å². The van der Waals surface area contributed by atoms with Crippen molar-refractivity contribution in [2.24, 2.45) is 0 Å². The smallest absolute Gasteiger partial charge is 0.325 e. The minimum atomic E-state index is -0.925. The molecule has 0 saturated heterocycles. The quantitative estimate of drug-likeness (QED) is 0.424. The molecule has 0 aromatic rings. The third-order valence-corrected chi connectivity index (χ3v) is 1.92. The first-order chi connectivity index (χ1) is 8.45. The summed E-state index contributed by atoms with van der Waals surface area (Å²) in [5.41, 5.74) is 0. The second-order valence-electron chi connectivity index (χ2n) is 3.41. The molecule has 0 aromatic heterocycles. The minimum Gasteiger partial charge on any atom is -0.481 e. The number of nitrogens with one attached hydrogen (secondary N) is 2. The Morgan fingerprint density at radius 2 is 1.72 bits per heavy atom. The maximum Gasteiger partial charge on any atom is 0.325 e. The van der Waals surface area contributed by atoms with Crippen molar-refractivity contribution in [1.82, 2.24) is 10.6 Å². The Morgan fingerprint density at radius 3 is 2.28 bits per heavy atom. The number of hydrogen-bond donors (Lipinski definition) is 3. The van der Waals surface area contributed by atoms with Gasteiger partial charge in [-0.15, -0.1) is 0 Å². The van der Waals surface area contributed by atoms with E-state index in [9.17, 15) is 19.2 Å². The summed E-state index contributed by atoms with van der Waals surface area (Å²) < 4.78 is 4.29. The molecule has 0 bridgehead atoms. The molecule has 8 heteroatoms. The summed E-state index contributed by atoms with van der Waals surface area (Å²) in [4.78, 5) is 43.1. The van der Waals surface area contributed by atoms with Crippen molar-refractivity contribution >= 4 is 23.9 Å². The van der Waals surface area contributed by atoms with Gasteiger partial charge in [0.1, 0.15) is 6.54 Å². The van der Waals surface area contributed by atoms with Crippen molar-refractivity contribution in [3.05, 3.63) is 0 Å². The van der Waals surface area contributed by atoms with E-state index in [-0.39, 0.29) is 19.4 Å². The van der Waals surface area contributed by atoms with E-state index in [2.05, 4.69) is 10.1 Å². The molecule has 3 N–H and O–H groups in total. The molecule has 3 amide bonds. The predicted octanol–water partition coefficient (Wildman–Crippen LogP) is -0.370. The fraction of sp³-hybridized carbons (Fsp3) is 0.600. The van der Waals surface area contributed by atoms with Crippen LogP contribution in [0.4, 0.5) is 4.79 Å². The number of unbranched alkanes of at least 4 members (excludes halogenated alkanes) is 1. The first-order valence-electron chi connectivity index (χ1n) is 5.32. The number of amides is 3. The number of carbonyl (C=O) groups is 4. The number of ether oxygens (including phenoxy) is 1. The van der Waals surface area contributed by atoms with E-state index in [0.717, 1.165) is 0 Å². The summed E-state index contributed by atoms with van der Waals surface area (Å²) >= 11 is 0. The molecular formula is C10H16N2O6. The molecule has 0 spiro atoms. The second-order valence-corrected chi connectivity index (χ2v) is 3.41. The van der Waals surface area contributed by atoms with Crippen LogP contribution in [0.2, 0.25) is 0 Å². The summed E-state index contributed by atoms with van der Waals surface area (Å²) in [5.74, 6) is -2.08. The summed E-state index contributed by atoms with van der Waals surface area (Å²) in [6, 6.07) is -0.788. The predicted molar refractivity (Wildman–Crippen MR) is 59.7 cm³/mol. The van der Waals surface area contributed by atoms with Gasteiger partial charge in [0, 0.05) is 12.8 Å². The van der Waals surface area contributed by atoms with Crippen LogP contribution in [0, 0.1) is 0 Å². The Balaban J connectivity index is 3.64. The standard InChI is InChI=1S/C10H16N2O6/c1-18-9(16)6-11-10(17)12-7(13)4-2-3-5-8(14)15/h2-6H2,1H3,(H,14,15)(H2,11,12,13,17). The molecule has 0 aromatic carbocycles. The molecule has 102 valence electrons. The van der Waals surface area contributed by atoms with Crippen LogP contribution in [0.15, 0.2) is 0 Å². The van der Waals surface area contributed by atoms with E-state index < -0.39 is 23.9 Å². The number of hydrogen-bond acceptors (Lipinski definition) is 5. The van der Waals surface area contributed by atoms with E-state index in [1.807, 2.05) is 5.32 Å². The van der Waals surface area contributed by atoms with Gasteiger partial charge in [0.15, 0.2) is 0 Å². The van der Waals surface area contributed by atoms with Crippen LogP contribution in [0.25, 0.3) is 0 Å². The average Bonchev–Trinajstić information content (AvgIpc) is 2.31. The first-order valence-corrected chi connectivity index (χ1v) is 5.32. The van der Waals surface area contributed by atoms with Crippen molar-refractivity contribution in [3.63, 3.8) is 0 Å². The lowest BCUT2D eigenvalue weighted by molar-refractivity contribution is -0.139. The molecule has 0 atom stereocenters. The van der Waals surface area contributed by atoms with Gasteiger partial charge < -0.3 is 15.2 Å². The normalized spacial score (nSPS) is 9.39. The zero-order chi connectivity index (χ0) is 14.0. The van der Waals surface area contributed by atoms with Crippen LogP contribution in [0.1, 0.15) is 25.7 Å². The minimum absolute atomic E-state index is 0.0121. The molecule has 0 fully saturated rings. The molecule has 0 unspecified atom stereocenters. The third-order valence-electron chi connectivity index (χ3n) is 1.92. The number of carboxylic acids is 1. The van der Waals surface area contributed by atoms with E-state index in [1.54, 1.807) is 0 Å². The van der Waals surface area contributed by atoms with Gasteiger partial charge in [0.05, 0.1) is 7.11 Å². The van der Waals surface area contributed by atoms with Crippen molar-refractivity contribution in [2.45, 2.75) is 25.7 Å².